The highest BCUT2D eigenvalue weighted by Gasteiger charge is 2.47. The average Bonchev–Trinajstić information content (AvgIpc) is 3.74. The van der Waals surface area contributed by atoms with Crippen molar-refractivity contribution in [3.8, 4) is 22.3 Å². The molecule has 12 rings (SSSR count). The molecule has 332 valence electrons. The van der Waals surface area contributed by atoms with Gasteiger partial charge in [0.15, 0.2) is 0 Å². The Balaban J connectivity index is 1.16. The molecule has 0 amide bonds. The standard InChI is InChI=1S/C67H49N3/c1-9-26-50(27-10-1)62-42-25-43-64-66(62)63-45-44-58(49-65(63)67(64,51-28-11-2-12-29-51)52-30-13-3-14-31-52)70(57-40-23-8-24-41-57)61-47-59(68(53-32-15-4-16-33-53)54-34-17-5-18-35-54)46-60(48-61)69(55-36-19-6-20-37-55)56-38-21-7-22-39-56/h1-49H. The van der Waals surface area contributed by atoms with Gasteiger partial charge in [0.25, 0.3) is 0 Å². The Morgan fingerprint density at radius 2 is 0.557 bits per heavy atom. The molecule has 11 aromatic rings. The second-order valence-electron chi connectivity index (χ2n) is 17.7. The van der Waals surface area contributed by atoms with E-state index in [4.69, 9.17) is 0 Å². The van der Waals surface area contributed by atoms with Crippen LogP contribution in [-0.2, 0) is 5.41 Å². The first-order valence-corrected chi connectivity index (χ1v) is 24.0. The van der Waals surface area contributed by atoms with Crippen molar-refractivity contribution in [1.82, 2.24) is 0 Å². The van der Waals surface area contributed by atoms with E-state index < -0.39 is 5.41 Å². The zero-order chi connectivity index (χ0) is 46.7. The van der Waals surface area contributed by atoms with Crippen molar-refractivity contribution in [2.75, 3.05) is 14.7 Å². The van der Waals surface area contributed by atoms with Gasteiger partial charge in [0.05, 0.1) is 22.5 Å². The van der Waals surface area contributed by atoms with Gasteiger partial charge in [0.2, 0.25) is 0 Å². The maximum Gasteiger partial charge on any atom is 0.0714 e. The summed E-state index contributed by atoms with van der Waals surface area (Å²) < 4.78 is 0. The zero-order valence-electron chi connectivity index (χ0n) is 38.6. The summed E-state index contributed by atoms with van der Waals surface area (Å²) in [4.78, 5) is 7.17. The monoisotopic (exact) mass is 895 g/mol. The summed E-state index contributed by atoms with van der Waals surface area (Å²) >= 11 is 0. The molecular formula is C67H49N3. The van der Waals surface area contributed by atoms with Crippen LogP contribution in [0.3, 0.4) is 0 Å². The molecule has 0 heterocycles. The van der Waals surface area contributed by atoms with E-state index in [-0.39, 0.29) is 0 Å². The van der Waals surface area contributed by atoms with Crippen molar-refractivity contribution in [2.24, 2.45) is 0 Å². The number of fused-ring (bicyclic) bond motifs is 3. The minimum absolute atomic E-state index is 0.627. The first kappa shape index (κ1) is 42.2. The number of para-hydroxylation sites is 5. The Labute approximate surface area is 411 Å². The molecule has 0 fully saturated rings. The van der Waals surface area contributed by atoms with Crippen LogP contribution in [-0.4, -0.2) is 0 Å². The molecule has 0 saturated carbocycles. The van der Waals surface area contributed by atoms with Gasteiger partial charge in [-0.05, 0) is 136 Å². The molecule has 0 spiro atoms. The molecule has 0 atom stereocenters. The van der Waals surface area contributed by atoms with Gasteiger partial charge < -0.3 is 14.7 Å². The van der Waals surface area contributed by atoms with Crippen LogP contribution in [0.4, 0.5) is 51.2 Å². The lowest BCUT2D eigenvalue weighted by molar-refractivity contribution is 0.768. The topological polar surface area (TPSA) is 9.72 Å². The maximum atomic E-state index is 2.47. The second kappa shape index (κ2) is 18.5. The summed E-state index contributed by atoms with van der Waals surface area (Å²) in [7, 11) is 0. The summed E-state index contributed by atoms with van der Waals surface area (Å²) in [6.07, 6.45) is 0. The molecule has 0 aromatic heterocycles. The largest absolute Gasteiger partial charge is 0.310 e. The van der Waals surface area contributed by atoms with Gasteiger partial charge in [0, 0.05) is 34.1 Å². The van der Waals surface area contributed by atoms with Crippen molar-refractivity contribution in [1.29, 1.82) is 0 Å². The molecule has 3 nitrogen and oxygen atoms in total. The Hall–Kier alpha value is -9.18. The van der Waals surface area contributed by atoms with E-state index in [9.17, 15) is 0 Å². The molecule has 0 N–H and O–H groups in total. The van der Waals surface area contributed by atoms with Crippen LogP contribution in [0.25, 0.3) is 22.3 Å². The lowest BCUT2D eigenvalue weighted by atomic mass is 9.67. The Bertz CT molecular complexity index is 3290. The molecule has 1 aliphatic carbocycles. The fourth-order valence-corrected chi connectivity index (χ4v) is 10.7. The van der Waals surface area contributed by atoms with Crippen LogP contribution in [0.5, 0.6) is 0 Å². The van der Waals surface area contributed by atoms with E-state index in [0.717, 1.165) is 51.2 Å². The smallest absolute Gasteiger partial charge is 0.0714 e. The van der Waals surface area contributed by atoms with E-state index in [1.54, 1.807) is 0 Å². The quantitative estimate of drug-likeness (QED) is 0.121. The molecule has 0 unspecified atom stereocenters. The molecule has 0 aliphatic heterocycles. The lowest BCUT2D eigenvalue weighted by Gasteiger charge is -2.35. The number of hydrogen-bond acceptors (Lipinski definition) is 3. The van der Waals surface area contributed by atoms with E-state index in [0.29, 0.717) is 0 Å². The first-order chi connectivity index (χ1) is 34.8. The Morgan fingerprint density at radius 3 is 0.943 bits per heavy atom. The summed E-state index contributed by atoms with van der Waals surface area (Å²) in [6, 6.07) is 108. The number of rotatable bonds is 12. The summed E-state index contributed by atoms with van der Waals surface area (Å²) in [5.74, 6) is 0. The van der Waals surface area contributed by atoms with Crippen LogP contribution in [0, 0.1) is 0 Å². The van der Waals surface area contributed by atoms with E-state index in [2.05, 4.69) is 312 Å². The second-order valence-corrected chi connectivity index (χ2v) is 17.7. The molecule has 0 saturated heterocycles. The van der Waals surface area contributed by atoms with Crippen molar-refractivity contribution in [2.45, 2.75) is 5.41 Å². The number of nitrogens with zero attached hydrogens (tertiary/aromatic N) is 3. The summed E-state index contributed by atoms with van der Waals surface area (Å²) in [5, 5.41) is 0. The van der Waals surface area contributed by atoms with Gasteiger partial charge in [0.1, 0.15) is 0 Å². The molecule has 11 aromatic carbocycles. The fourth-order valence-electron chi connectivity index (χ4n) is 10.7. The lowest BCUT2D eigenvalue weighted by Crippen LogP contribution is -2.28. The van der Waals surface area contributed by atoms with E-state index >= 15 is 0 Å². The predicted molar refractivity (Wildman–Crippen MR) is 293 cm³/mol. The highest BCUT2D eigenvalue weighted by molar-refractivity contribution is 5.97. The fraction of sp³-hybridized carbons (Fsp3) is 0.0149. The van der Waals surface area contributed by atoms with Crippen LogP contribution in [0.2, 0.25) is 0 Å². The van der Waals surface area contributed by atoms with Crippen LogP contribution >= 0.6 is 0 Å². The average molecular weight is 896 g/mol. The zero-order valence-corrected chi connectivity index (χ0v) is 38.6. The van der Waals surface area contributed by atoms with Crippen molar-refractivity contribution >= 4 is 51.2 Å². The van der Waals surface area contributed by atoms with Crippen molar-refractivity contribution in [3.63, 3.8) is 0 Å². The SMILES string of the molecule is c1ccc(-c2cccc3c2-c2ccc(N(c4ccccc4)c4cc(N(c5ccccc5)c5ccccc5)cc(N(c5ccccc5)c5ccccc5)c4)cc2C3(c2ccccc2)c2ccccc2)cc1. The van der Waals surface area contributed by atoms with Gasteiger partial charge in [-0.15, -0.1) is 0 Å². The maximum absolute atomic E-state index is 2.47. The predicted octanol–water partition coefficient (Wildman–Crippen LogP) is 18.1. The molecule has 0 bridgehead atoms. The summed E-state index contributed by atoms with van der Waals surface area (Å²) in [6.45, 7) is 0. The molecule has 0 radical (unpaired) electrons. The van der Waals surface area contributed by atoms with Crippen molar-refractivity contribution in [3.05, 3.63) is 320 Å². The third-order valence-electron chi connectivity index (χ3n) is 13.6. The normalized spacial score (nSPS) is 12.1. The Morgan fingerprint density at radius 1 is 0.214 bits per heavy atom. The molecule has 70 heavy (non-hydrogen) atoms. The third kappa shape index (κ3) is 7.51. The number of hydrogen-bond donors (Lipinski definition) is 0. The highest BCUT2D eigenvalue weighted by atomic mass is 15.2. The highest BCUT2D eigenvalue weighted by Crippen LogP contribution is 2.59. The summed E-state index contributed by atoms with van der Waals surface area (Å²) in [5.41, 5.74) is 18.7. The van der Waals surface area contributed by atoms with Crippen LogP contribution < -0.4 is 14.7 Å². The molecular weight excluding hydrogens is 847 g/mol. The van der Waals surface area contributed by atoms with Gasteiger partial charge >= 0.3 is 0 Å². The molecule has 3 heteroatoms. The number of benzene rings is 11. The third-order valence-corrected chi connectivity index (χ3v) is 13.6. The van der Waals surface area contributed by atoms with Crippen molar-refractivity contribution < 1.29 is 0 Å². The van der Waals surface area contributed by atoms with E-state index in [1.807, 2.05) is 0 Å². The van der Waals surface area contributed by atoms with Gasteiger partial charge in [-0.25, -0.2) is 0 Å². The first-order valence-electron chi connectivity index (χ1n) is 24.0. The van der Waals surface area contributed by atoms with Crippen LogP contribution in [0.1, 0.15) is 22.3 Å². The van der Waals surface area contributed by atoms with Gasteiger partial charge in [-0.3, -0.25) is 0 Å². The minimum atomic E-state index is -0.627. The van der Waals surface area contributed by atoms with Gasteiger partial charge in [-0.1, -0.05) is 206 Å². The molecule has 1 aliphatic rings. The van der Waals surface area contributed by atoms with E-state index in [1.165, 1.54) is 44.5 Å². The van der Waals surface area contributed by atoms with Gasteiger partial charge in [-0.2, -0.15) is 0 Å². The number of anilines is 9. The Kier molecular flexibility index (Phi) is 11.1. The van der Waals surface area contributed by atoms with Crippen LogP contribution in [0.15, 0.2) is 297 Å². The minimum Gasteiger partial charge on any atom is -0.310 e.